The Hall–Kier alpha value is -3.65. The molecule has 0 radical (unpaired) electrons. The van der Waals surface area contributed by atoms with E-state index in [4.69, 9.17) is 0 Å². The largest absolute Gasteiger partial charge is 0.354 e. The summed E-state index contributed by atoms with van der Waals surface area (Å²) in [6.07, 6.45) is 2.16. The molecule has 0 saturated heterocycles. The molecule has 3 aromatic carbocycles. The standard InChI is InChI=1S/C34H45N3O4S/c1-7-9-22-35-34(39)32(8-2)36(23-29-13-11-10-12-27(29)6)33(38)24-37(30-18-16-28(17-19-30)25(3)4)42(40,41)31-20-14-26(5)15-21-31/h10-21,25,32H,7-9,22-24H2,1-6H3,(H,35,39)/t32-/m1/s1. The highest BCUT2D eigenvalue weighted by atomic mass is 32.2. The first-order chi connectivity index (χ1) is 20.0. The van der Waals surface area contributed by atoms with Crippen LogP contribution in [-0.4, -0.2) is 44.3 Å². The number of aryl methyl sites for hydroxylation is 2. The molecule has 0 heterocycles. The van der Waals surface area contributed by atoms with Crippen LogP contribution in [0.5, 0.6) is 0 Å². The minimum atomic E-state index is -4.10. The maximum absolute atomic E-state index is 14.2. The predicted octanol–water partition coefficient (Wildman–Crippen LogP) is 6.35. The van der Waals surface area contributed by atoms with E-state index in [0.717, 1.165) is 39.4 Å². The summed E-state index contributed by atoms with van der Waals surface area (Å²) >= 11 is 0. The third-order valence-corrected chi connectivity index (χ3v) is 9.34. The number of carbonyl (C=O) groups excluding carboxylic acids is 2. The van der Waals surface area contributed by atoms with E-state index in [2.05, 4.69) is 19.2 Å². The Bertz CT molecular complexity index is 1430. The molecule has 3 aromatic rings. The summed E-state index contributed by atoms with van der Waals surface area (Å²) in [7, 11) is -4.10. The Morgan fingerprint density at radius 2 is 1.52 bits per heavy atom. The van der Waals surface area contributed by atoms with E-state index < -0.39 is 28.5 Å². The van der Waals surface area contributed by atoms with Crippen molar-refractivity contribution in [2.75, 3.05) is 17.4 Å². The Morgan fingerprint density at radius 1 is 0.881 bits per heavy atom. The topological polar surface area (TPSA) is 86.8 Å². The molecule has 0 aliphatic rings. The molecule has 3 rings (SSSR count). The summed E-state index contributed by atoms with van der Waals surface area (Å²) in [5, 5.41) is 2.97. The lowest BCUT2D eigenvalue weighted by Gasteiger charge is -2.33. The molecule has 0 aromatic heterocycles. The molecule has 8 heteroatoms. The quantitative estimate of drug-likeness (QED) is 0.222. The van der Waals surface area contributed by atoms with Crippen LogP contribution >= 0.6 is 0 Å². The molecule has 0 bridgehead atoms. The third kappa shape index (κ3) is 8.22. The highest BCUT2D eigenvalue weighted by molar-refractivity contribution is 7.92. The van der Waals surface area contributed by atoms with Gasteiger partial charge in [-0.1, -0.05) is 88.2 Å². The van der Waals surface area contributed by atoms with Crippen molar-refractivity contribution in [3.63, 3.8) is 0 Å². The van der Waals surface area contributed by atoms with Crippen LogP contribution in [0.25, 0.3) is 0 Å². The second-order valence-corrected chi connectivity index (χ2v) is 13.0. The molecule has 1 atom stereocenters. The van der Waals surface area contributed by atoms with Gasteiger partial charge in [-0.05, 0) is 73.6 Å². The summed E-state index contributed by atoms with van der Waals surface area (Å²) in [6, 6.07) is 20.9. The van der Waals surface area contributed by atoms with Gasteiger partial charge in [0, 0.05) is 13.1 Å². The third-order valence-electron chi connectivity index (χ3n) is 7.55. The van der Waals surface area contributed by atoms with Gasteiger partial charge in [0.05, 0.1) is 10.6 Å². The average molecular weight is 592 g/mol. The first-order valence-electron chi connectivity index (χ1n) is 14.8. The number of carbonyl (C=O) groups is 2. The molecule has 2 amide bonds. The minimum absolute atomic E-state index is 0.101. The fourth-order valence-corrected chi connectivity index (χ4v) is 6.20. The molecule has 0 spiro atoms. The van der Waals surface area contributed by atoms with Crippen LogP contribution < -0.4 is 9.62 Å². The Kier molecular flexibility index (Phi) is 11.7. The van der Waals surface area contributed by atoms with Gasteiger partial charge >= 0.3 is 0 Å². The lowest BCUT2D eigenvalue weighted by atomic mass is 10.0. The number of nitrogens with one attached hydrogen (secondary N) is 1. The van der Waals surface area contributed by atoms with Gasteiger partial charge < -0.3 is 10.2 Å². The van der Waals surface area contributed by atoms with E-state index in [-0.39, 0.29) is 23.3 Å². The van der Waals surface area contributed by atoms with Crippen LogP contribution in [0.1, 0.15) is 75.1 Å². The van der Waals surface area contributed by atoms with Crippen LogP contribution in [-0.2, 0) is 26.2 Å². The van der Waals surface area contributed by atoms with Crippen LogP contribution in [0.3, 0.4) is 0 Å². The van der Waals surface area contributed by atoms with Crippen LogP contribution in [0, 0.1) is 13.8 Å². The van der Waals surface area contributed by atoms with Gasteiger partial charge in [-0.2, -0.15) is 0 Å². The van der Waals surface area contributed by atoms with Crippen molar-refractivity contribution >= 4 is 27.5 Å². The van der Waals surface area contributed by atoms with Gasteiger partial charge in [0.1, 0.15) is 12.6 Å². The fraction of sp³-hybridized carbons (Fsp3) is 0.412. The second-order valence-electron chi connectivity index (χ2n) is 11.1. The van der Waals surface area contributed by atoms with Gasteiger partial charge in [0.15, 0.2) is 0 Å². The van der Waals surface area contributed by atoms with E-state index in [1.165, 1.54) is 4.90 Å². The number of unbranched alkanes of at least 4 members (excludes halogenated alkanes) is 1. The lowest BCUT2D eigenvalue weighted by molar-refractivity contribution is -0.140. The van der Waals surface area contributed by atoms with Crippen LogP contribution in [0.4, 0.5) is 5.69 Å². The highest BCUT2D eigenvalue weighted by Crippen LogP contribution is 2.27. The molecule has 0 fully saturated rings. The zero-order valence-electron chi connectivity index (χ0n) is 25.8. The molecular formula is C34H45N3O4S. The molecule has 42 heavy (non-hydrogen) atoms. The van der Waals surface area contributed by atoms with Crippen LogP contribution in [0.2, 0.25) is 0 Å². The summed E-state index contributed by atoms with van der Waals surface area (Å²) in [5.74, 6) is -0.412. The van der Waals surface area contributed by atoms with Gasteiger partial charge in [-0.3, -0.25) is 13.9 Å². The summed E-state index contributed by atoms with van der Waals surface area (Å²) < 4.78 is 29.3. The van der Waals surface area contributed by atoms with Gasteiger partial charge in [-0.15, -0.1) is 0 Å². The molecule has 0 aliphatic carbocycles. The van der Waals surface area contributed by atoms with Crippen molar-refractivity contribution in [2.24, 2.45) is 0 Å². The van der Waals surface area contributed by atoms with E-state index in [1.54, 1.807) is 36.4 Å². The number of amides is 2. The Labute approximate surface area is 252 Å². The van der Waals surface area contributed by atoms with Crippen LogP contribution in [0.15, 0.2) is 77.7 Å². The summed E-state index contributed by atoms with van der Waals surface area (Å²) in [4.78, 5) is 29.2. The minimum Gasteiger partial charge on any atom is -0.354 e. The van der Waals surface area contributed by atoms with Crippen molar-refractivity contribution in [3.05, 3.63) is 95.1 Å². The maximum atomic E-state index is 14.2. The number of hydrogen-bond acceptors (Lipinski definition) is 4. The normalized spacial score (nSPS) is 12.2. The molecule has 226 valence electrons. The molecule has 0 aliphatic heterocycles. The average Bonchev–Trinajstić information content (AvgIpc) is 2.97. The molecule has 7 nitrogen and oxygen atoms in total. The van der Waals surface area contributed by atoms with E-state index in [0.29, 0.717) is 18.7 Å². The van der Waals surface area contributed by atoms with E-state index in [9.17, 15) is 18.0 Å². The zero-order chi connectivity index (χ0) is 30.9. The number of hydrogen-bond donors (Lipinski definition) is 1. The van der Waals surface area contributed by atoms with Gasteiger partial charge in [0.2, 0.25) is 11.8 Å². The predicted molar refractivity (Wildman–Crippen MR) is 170 cm³/mol. The number of benzene rings is 3. The molecule has 0 saturated carbocycles. The lowest BCUT2D eigenvalue weighted by Crippen LogP contribution is -2.52. The molecule has 1 N–H and O–H groups in total. The monoisotopic (exact) mass is 591 g/mol. The van der Waals surface area contributed by atoms with Crippen molar-refractivity contribution in [1.82, 2.24) is 10.2 Å². The number of anilines is 1. The number of sulfonamides is 1. The first-order valence-corrected chi connectivity index (χ1v) is 16.2. The second kappa shape index (κ2) is 15.0. The van der Waals surface area contributed by atoms with Gasteiger partial charge in [0.25, 0.3) is 10.0 Å². The SMILES string of the molecule is CCCCNC(=O)[C@@H](CC)N(Cc1ccccc1C)C(=O)CN(c1ccc(C(C)C)cc1)S(=O)(=O)c1ccc(C)cc1. The van der Waals surface area contributed by atoms with Crippen molar-refractivity contribution in [1.29, 1.82) is 0 Å². The highest BCUT2D eigenvalue weighted by Gasteiger charge is 2.33. The Morgan fingerprint density at radius 3 is 2.10 bits per heavy atom. The molecular weight excluding hydrogens is 546 g/mol. The molecule has 0 unspecified atom stereocenters. The van der Waals surface area contributed by atoms with E-state index in [1.807, 2.05) is 64.1 Å². The maximum Gasteiger partial charge on any atom is 0.264 e. The van der Waals surface area contributed by atoms with Crippen molar-refractivity contribution in [3.8, 4) is 0 Å². The summed E-state index contributed by atoms with van der Waals surface area (Å²) in [6.45, 7) is 12.2. The van der Waals surface area contributed by atoms with Crippen molar-refractivity contribution < 1.29 is 18.0 Å². The van der Waals surface area contributed by atoms with E-state index >= 15 is 0 Å². The zero-order valence-corrected chi connectivity index (χ0v) is 26.6. The van der Waals surface area contributed by atoms with Gasteiger partial charge in [-0.25, -0.2) is 8.42 Å². The first kappa shape index (κ1) is 32.9. The Balaban J connectivity index is 2.06. The fourth-order valence-electron chi connectivity index (χ4n) is 4.79. The number of rotatable bonds is 14. The smallest absolute Gasteiger partial charge is 0.264 e. The summed E-state index contributed by atoms with van der Waals surface area (Å²) in [5.41, 5.74) is 4.28. The van der Waals surface area contributed by atoms with Crippen molar-refractivity contribution in [2.45, 2.75) is 84.2 Å². The number of nitrogens with zero attached hydrogens (tertiary/aromatic N) is 2.